The van der Waals surface area contributed by atoms with Crippen molar-refractivity contribution in [2.24, 2.45) is 5.92 Å². The number of nitrogens with one attached hydrogen (secondary N) is 1. The number of amides is 2. The fourth-order valence-corrected chi connectivity index (χ4v) is 11.8. The monoisotopic (exact) mass is 683 g/mol. The third-order valence-electron chi connectivity index (χ3n) is 10.3. The number of methoxy groups -OCH3 is 1. The zero-order valence-corrected chi connectivity index (χ0v) is 29.7. The number of aliphatic hydroxyl groups is 2. The summed E-state index contributed by atoms with van der Waals surface area (Å²) in [5.41, 5.74) is 2.82. The summed E-state index contributed by atoms with van der Waals surface area (Å²) < 4.78 is 14.5. The van der Waals surface area contributed by atoms with Crippen LogP contribution < -0.4 is 20.1 Å². The summed E-state index contributed by atoms with van der Waals surface area (Å²) in [6, 6.07) is 23.6. The predicted molar refractivity (Wildman–Crippen MR) is 189 cm³/mol. The Balaban J connectivity index is 1.34. The molecule has 0 aliphatic carbocycles. The smallest absolute Gasteiger partial charge is 0.264 e. The van der Waals surface area contributed by atoms with E-state index in [0.717, 1.165) is 28.3 Å². The number of carbonyl (C=O) groups is 2. The fourth-order valence-electron chi connectivity index (χ4n) is 7.75. The second-order valence-electron chi connectivity index (χ2n) is 13.7. The number of hydrogen-bond acceptors (Lipinski definition) is 8. The number of hydrogen-bond donors (Lipinski definition) is 3. The third-order valence-corrected chi connectivity index (χ3v) is 14.6. The predicted octanol–water partition coefficient (Wildman–Crippen LogP) is 3.99. The Bertz CT molecular complexity index is 1790. The first-order valence-corrected chi connectivity index (χ1v) is 19.9. The summed E-state index contributed by atoms with van der Waals surface area (Å²) in [4.78, 5) is 28.7. The van der Waals surface area contributed by atoms with Crippen LogP contribution in [0.2, 0.25) is 18.6 Å². The lowest BCUT2D eigenvalue weighted by molar-refractivity contribution is -0.146. The van der Waals surface area contributed by atoms with Gasteiger partial charge in [0, 0.05) is 42.9 Å². The van der Waals surface area contributed by atoms with E-state index in [4.69, 9.17) is 9.47 Å². The van der Waals surface area contributed by atoms with Gasteiger partial charge in [0.2, 0.25) is 0 Å². The number of fused-ring (bicyclic) bond motifs is 2. The molecule has 2 aliphatic heterocycles. The van der Waals surface area contributed by atoms with Crippen molar-refractivity contribution >= 4 is 36.4 Å². The number of para-hydroxylation sites is 1. The largest absolute Gasteiger partial charge is 0.497 e. The zero-order valence-electron chi connectivity index (χ0n) is 28.7. The van der Waals surface area contributed by atoms with Crippen LogP contribution in [0.25, 0.3) is 0 Å². The van der Waals surface area contributed by atoms with Crippen molar-refractivity contribution in [1.29, 1.82) is 0 Å². The number of nitrogens with zero attached hydrogens (tertiary/aromatic N) is 4. The molecule has 2 amide bonds. The van der Waals surface area contributed by atoms with Gasteiger partial charge < -0.3 is 29.9 Å². The minimum absolute atomic E-state index is 0.00983. The molecule has 3 N–H and O–H groups in total. The van der Waals surface area contributed by atoms with E-state index in [1.165, 1.54) is 12.1 Å². The van der Waals surface area contributed by atoms with Gasteiger partial charge in [-0.15, -0.1) is 5.10 Å². The molecule has 11 nitrogen and oxygen atoms in total. The van der Waals surface area contributed by atoms with Crippen LogP contribution in [0.3, 0.4) is 0 Å². The van der Waals surface area contributed by atoms with Crippen LogP contribution in [0.5, 0.6) is 5.75 Å². The number of ether oxygens (including phenoxy) is 2. The molecular weight excluding hydrogens is 639 g/mol. The quantitative estimate of drug-likeness (QED) is 0.191. The van der Waals surface area contributed by atoms with Crippen LogP contribution in [-0.4, -0.2) is 71.0 Å². The lowest BCUT2D eigenvalue weighted by Crippen LogP contribution is -2.51. The van der Waals surface area contributed by atoms with Crippen molar-refractivity contribution in [2.45, 2.75) is 76.2 Å². The highest BCUT2D eigenvalue weighted by atomic mass is 28.3. The van der Waals surface area contributed by atoms with Crippen molar-refractivity contribution < 1.29 is 29.3 Å². The number of aliphatic hydroxyl groups excluding tert-OH is 2. The van der Waals surface area contributed by atoms with E-state index in [1.807, 2.05) is 59.6 Å². The van der Waals surface area contributed by atoms with E-state index in [-0.39, 0.29) is 30.1 Å². The SMILES string of the molecule is COc1ccc([Si](C)(C)[C@@H]2[C@@H](CCn3cc(CCO)nn3)O[C@]3(C(=O)N(Cc4ccc(NC(=O)[C@H](C)O)cc4)c4ccccc43)[C@H]2C)cc1. The van der Waals surface area contributed by atoms with Gasteiger partial charge in [0.05, 0.1) is 39.2 Å². The Kier molecular flexibility index (Phi) is 9.76. The minimum atomic E-state index is -2.30. The number of aromatic nitrogens is 3. The average molecular weight is 684 g/mol. The van der Waals surface area contributed by atoms with Crippen LogP contribution in [0.1, 0.15) is 37.1 Å². The highest BCUT2D eigenvalue weighted by molar-refractivity contribution is 6.91. The van der Waals surface area contributed by atoms with E-state index in [1.54, 1.807) is 23.9 Å². The van der Waals surface area contributed by atoms with E-state index in [2.05, 4.69) is 47.8 Å². The lowest BCUT2D eigenvalue weighted by Gasteiger charge is -2.37. The summed E-state index contributed by atoms with van der Waals surface area (Å²) in [5.74, 6) is 0.103. The topological polar surface area (TPSA) is 139 Å². The molecule has 258 valence electrons. The van der Waals surface area contributed by atoms with Crippen molar-refractivity contribution in [2.75, 3.05) is 23.9 Å². The van der Waals surface area contributed by atoms with Crippen molar-refractivity contribution in [3.05, 3.63) is 95.8 Å². The van der Waals surface area contributed by atoms with E-state index in [0.29, 0.717) is 31.6 Å². The summed E-state index contributed by atoms with van der Waals surface area (Å²) in [6.07, 6.45) is 1.59. The lowest BCUT2D eigenvalue weighted by atomic mass is 9.82. The Morgan fingerprint density at radius 1 is 1.10 bits per heavy atom. The number of benzene rings is 3. The maximum Gasteiger partial charge on any atom is 0.264 e. The van der Waals surface area contributed by atoms with Gasteiger partial charge in [-0.05, 0) is 54.8 Å². The number of anilines is 2. The van der Waals surface area contributed by atoms with Gasteiger partial charge in [-0.1, -0.05) is 72.9 Å². The van der Waals surface area contributed by atoms with Gasteiger partial charge >= 0.3 is 0 Å². The van der Waals surface area contributed by atoms with E-state index in [9.17, 15) is 19.8 Å². The molecule has 0 radical (unpaired) electrons. The molecule has 12 heteroatoms. The molecule has 1 aromatic heterocycles. The number of carbonyl (C=O) groups excluding carboxylic acids is 2. The standard InChI is InChI=1S/C37H45N5O6Si/c1-24-34(49(4,5)30-16-14-29(47-3)15-17-30)33(18-20-41-23-28(19-21-43)39-40-41)48-37(24)31-8-6-7-9-32(31)42(36(37)46)22-26-10-12-27(13-11-26)38-35(45)25(2)44/h6-17,23-25,33-34,43-44H,18-22H2,1-5H3,(H,38,45)/t24-,25-,33+,34-,37+/m0/s1. The summed E-state index contributed by atoms with van der Waals surface area (Å²) in [5, 5.41) is 31.4. The summed E-state index contributed by atoms with van der Waals surface area (Å²) in [7, 11) is -0.639. The molecule has 49 heavy (non-hydrogen) atoms. The summed E-state index contributed by atoms with van der Waals surface area (Å²) in [6.45, 7) is 9.22. The first-order chi connectivity index (χ1) is 23.5. The Labute approximate surface area is 287 Å². The van der Waals surface area contributed by atoms with Gasteiger partial charge in [-0.2, -0.15) is 0 Å². The van der Waals surface area contributed by atoms with E-state index < -0.39 is 25.7 Å². The van der Waals surface area contributed by atoms with Gasteiger partial charge in [-0.3, -0.25) is 14.3 Å². The van der Waals surface area contributed by atoms with Crippen LogP contribution >= 0.6 is 0 Å². The van der Waals surface area contributed by atoms with Crippen LogP contribution in [0.15, 0.2) is 79.0 Å². The van der Waals surface area contributed by atoms with Crippen LogP contribution in [-0.2, 0) is 39.4 Å². The molecule has 4 aromatic rings. The van der Waals surface area contributed by atoms with Gasteiger partial charge in [0.25, 0.3) is 11.8 Å². The third kappa shape index (κ3) is 6.41. The van der Waals surface area contributed by atoms with Gasteiger partial charge in [0.15, 0.2) is 5.60 Å². The zero-order chi connectivity index (χ0) is 34.9. The second kappa shape index (κ2) is 13.9. The molecule has 1 saturated heterocycles. The molecule has 1 fully saturated rings. The average Bonchev–Trinajstić information content (AvgIpc) is 3.74. The first kappa shape index (κ1) is 34.5. The number of rotatable bonds is 12. The summed E-state index contributed by atoms with van der Waals surface area (Å²) >= 11 is 0. The normalized spacial score (nSPS) is 22.4. The molecule has 3 aromatic carbocycles. The molecule has 1 spiro atoms. The van der Waals surface area contributed by atoms with Crippen LogP contribution in [0.4, 0.5) is 11.4 Å². The molecule has 3 heterocycles. The molecular formula is C37H45N5O6Si. The maximum absolute atomic E-state index is 14.9. The van der Waals surface area contributed by atoms with Crippen molar-refractivity contribution in [3.63, 3.8) is 0 Å². The Hall–Kier alpha value is -4.36. The molecule has 0 saturated carbocycles. The fraction of sp³-hybridized carbons (Fsp3) is 0.405. The Morgan fingerprint density at radius 2 is 1.82 bits per heavy atom. The Morgan fingerprint density at radius 3 is 2.49 bits per heavy atom. The van der Waals surface area contributed by atoms with Gasteiger partial charge in [-0.25, -0.2) is 0 Å². The van der Waals surface area contributed by atoms with Crippen molar-refractivity contribution in [3.8, 4) is 5.75 Å². The molecule has 2 aliphatic rings. The van der Waals surface area contributed by atoms with Crippen LogP contribution in [0, 0.1) is 5.92 Å². The molecule has 0 bridgehead atoms. The second-order valence-corrected chi connectivity index (χ2v) is 18.3. The highest BCUT2D eigenvalue weighted by Crippen LogP contribution is 2.60. The molecule has 5 atom stereocenters. The first-order valence-electron chi connectivity index (χ1n) is 16.8. The molecule has 0 unspecified atom stereocenters. The molecule has 6 rings (SSSR count). The van der Waals surface area contributed by atoms with Crippen molar-refractivity contribution in [1.82, 2.24) is 15.0 Å². The van der Waals surface area contributed by atoms with Gasteiger partial charge in [0.1, 0.15) is 11.9 Å². The number of aryl methyl sites for hydroxylation is 1. The van der Waals surface area contributed by atoms with E-state index >= 15 is 0 Å². The highest BCUT2D eigenvalue weighted by Gasteiger charge is 2.66. The minimum Gasteiger partial charge on any atom is -0.497 e. The maximum atomic E-state index is 14.9.